The van der Waals surface area contributed by atoms with Gasteiger partial charge in [-0.25, -0.2) is 0 Å². The first-order valence-electron chi connectivity index (χ1n) is 2.58. The third-order valence-electron chi connectivity index (χ3n) is 1.03. The lowest BCUT2D eigenvalue weighted by Gasteiger charge is -2.01. The summed E-state index contributed by atoms with van der Waals surface area (Å²) in [5.74, 6) is -0.891. The summed E-state index contributed by atoms with van der Waals surface area (Å²) in [5.41, 5.74) is 0. The van der Waals surface area contributed by atoms with Crippen LogP contribution >= 0.6 is 0 Å². The van der Waals surface area contributed by atoms with Crippen molar-refractivity contribution in [3.63, 3.8) is 0 Å². The Balaban J connectivity index is 3.63. The van der Waals surface area contributed by atoms with Gasteiger partial charge in [0.25, 0.3) is 0 Å². The SMILES string of the molecule is C[C@H](CC(=O)O)S(C)=O. The van der Waals surface area contributed by atoms with E-state index in [2.05, 4.69) is 0 Å². The van der Waals surface area contributed by atoms with Crippen LogP contribution in [0.3, 0.4) is 0 Å². The zero-order chi connectivity index (χ0) is 7.44. The molecule has 0 aliphatic rings. The molecule has 0 saturated carbocycles. The minimum absolute atomic E-state index is 0.0108. The largest absolute Gasteiger partial charge is 0.481 e. The molecule has 0 rings (SSSR count). The van der Waals surface area contributed by atoms with E-state index in [1.54, 1.807) is 6.92 Å². The predicted molar refractivity (Wildman–Crippen MR) is 35.8 cm³/mol. The van der Waals surface area contributed by atoms with Gasteiger partial charge in [-0.05, 0) is 0 Å². The van der Waals surface area contributed by atoms with Crippen LogP contribution in [-0.2, 0) is 15.6 Å². The Morgan fingerprint density at radius 2 is 2.22 bits per heavy atom. The Hall–Kier alpha value is -0.380. The van der Waals surface area contributed by atoms with Gasteiger partial charge in [0, 0.05) is 22.3 Å². The molecule has 1 N–H and O–H groups in total. The van der Waals surface area contributed by atoms with Gasteiger partial charge in [0.15, 0.2) is 0 Å². The molecule has 2 atom stereocenters. The first-order chi connectivity index (χ1) is 4.04. The maximum absolute atomic E-state index is 10.5. The van der Waals surface area contributed by atoms with Crippen LogP contribution in [0.4, 0.5) is 0 Å². The molecule has 0 aromatic heterocycles. The smallest absolute Gasteiger partial charge is 0.304 e. The van der Waals surface area contributed by atoms with E-state index in [0.717, 1.165) is 0 Å². The standard InChI is InChI=1S/C5H10O3S/c1-4(9(2)8)3-5(6)7/h4H,3H2,1-2H3,(H,6,7)/t4-,9?/m1/s1. The molecule has 0 aromatic carbocycles. The molecule has 54 valence electrons. The summed E-state index contributed by atoms with van der Waals surface area (Å²) in [4.78, 5) is 9.98. The second kappa shape index (κ2) is 3.61. The van der Waals surface area contributed by atoms with Gasteiger partial charge >= 0.3 is 5.97 Å². The van der Waals surface area contributed by atoms with Crippen LogP contribution in [0, 0.1) is 0 Å². The van der Waals surface area contributed by atoms with Crippen molar-refractivity contribution in [2.24, 2.45) is 0 Å². The van der Waals surface area contributed by atoms with Crippen molar-refractivity contribution in [2.45, 2.75) is 18.6 Å². The third-order valence-corrected chi connectivity index (χ3v) is 2.33. The molecule has 4 heteroatoms. The topological polar surface area (TPSA) is 54.4 Å². The molecule has 0 aromatic rings. The minimum Gasteiger partial charge on any atom is -0.481 e. The molecule has 0 aliphatic heterocycles. The van der Waals surface area contributed by atoms with Gasteiger partial charge in [0.1, 0.15) is 0 Å². The maximum Gasteiger partial charge on any atom is 0.304 e. The number of rotatable bonds is 3. The highest BCUT2D eigenvalue weighted by atomic mass is 32.2. The highest BCUT2D eigenvalue weighted by molar-refractivity contribution is 7.84. The first kappa shape index (κ1) is 8.62. The number of aliphatic carboxylic acids is 1. The van der Waals surface area contributed by atoms with Crippen molar-refractivity contribution in [1.29, 1.82) is 0 Å². The average Bonchev–Trinajstić information content (AvgIpc) is 1.63. The molecule has 9 heavy (non-hydrogen) atoms. The molecule has 0 fully saturated rings. The highest BCUT2D eigenvalue weighted by Crippen LogP contribution is 1.97. The summed E-state index contributed by atoms with van der Waals surface area (Å²) >= 11 is 0. The van der Waals surface area contributed by atoms with Crippen LogP contribution in [0.5, 0.6) is 0 Å². The summed E-state index contributed by atoms with van der Waals surface area (Å²) in [5, 5.41) is 7.96. The number of carboxylic acids is 1. The van der Waals surface area contributed by atoms with Gasteiger partial charge in [-0.1, -0.05) is 6.92 Å². The molecule has 0 spiro atoms. The van der Waals surface area contributed by atoms with Gasteiger partial charge in [-0.15, -0.1) is 0 Å². The Morgan fingerprint density at radius 3 is 2.33 bits per heavy atom. The minimum atomic E-state index is -1.01. The number of carboxylic acid groups (broad SMARTS) is 1. The lowest BCUT2D eigenvalue weighted by Crippen LogP contribution is -2.14. The van der Waals surface area contributed by atoms with E-state index in [0.29, 0.717) is 0 Å². The maximum atomic E-state index is 10.5. The molecule has 0 amide bonds. The van der Waals surface area contributed by atoms with Gasteiger partial charge in [0.2, 0.25) is 0 Å². The summed E-state index contributed by atoms with van der Waals surface area (Å²) in [6.07, 6.45) is 1.50. The van der Waals surface area contributed by atoms with Crippen molar-refractivity contribution < 1.29 is 14.1 Å². The zero-order valence-electron chi connectivity index (χ0n) is 5.46. The average molecular weight is 150 g/mol. The van der Waals surface area contributed by atoms with E-state index in [1.807, 2.05) is 0 Å². The van der Waals surface area contributed by atoms with Gasteiger partial charge in [0.05, 0.1) is 6.42 Å². The van der Waals surface area contributed by atoms with Crippen molar-refractivity contribution >= 4 is 16.8 Å². The molecule has 3 nitrogen and oxygen atoms in total. The second-order valence-electron chi connectivity index (χ2n) is 1.91. The van der Waals surface area contributed by atoms with Crippen LogP contribution in [0.2, 0.25) is 0 Å². The van der Waals surface area contributed by atoms with Crippen LogP contribution < -0.4 is 0 Å². The van der Waals surface area contributed by atoms with E-state index in [9.17, 15) is 9.00 Å². The summed E-state index contributed by atoms with van der Waals surface area (Å²) < 4.78 is 10.5. The molecule has 1 unspecified atom stereocenters. The fourth-order valence-electron chi connectivity index (χ4n) is 0.363. The normalized spacial score (nSPS) is 16.7. The van der Waals surface area contributed by atoms with Gasteiger partial charge < -0.3 is 5.11 Å². The van der Waals surface area contributed by atoms with E-state index >= 15 is 0 Å². The summed E-state index contributed by atoms with van der Waals surface area (Å²) in [6, 6.07) is 0. The van der Waals surface area contributed by atoms with Crippen molar-refractivity contribution in [2.75, 3.05) is 6.26 Å². The Morgan fingerprint density at radius 1 is 1.78 bits per heavy atom. The van der Waals surface area contributed by atoms with E-state index in [-0.39, 0.29) is 11.7 Å². The number of carbonyl (C=O) groups is 1. The molecule has 0 bridgehead atoms. The number of hydrogen-bond acceptors (Lipinski definition) is 2. The highest BCUT2D eigenvalue weighted by Gasteiger charge is 2.09. The molecular formula is C5H10O3S. The quantitative estimate of drug-likeness (QED) is 0.626. The fourth-order valence-corrected chi connectivity index (χ4v) is 0.741. The monoisotopic (exact) mass is 150 g/mol. The Labute approximate surface area is 56.5 Å². The van der Waals surface area contributed by atoms with Gasteiger partial charge in [-0.3, -0.25) is 9.00 Å². The van der Waals surface area contributed by atoms with E-state index < -0.39 is 16.8 Å². The Bertz CT molecular complexity index is 132. The van der Waals surface area contributed by atoms with Gasteiger partial charge in [-0.2, -0.15) is 0 Å². The lowest BCUT2D eigenvalue weighted by atomic mass is 10.3. The summed E-state index contributed by atoms with van der Waals surface area (Å²) in [6.45, 7) is 1.66. The van der Waals surface area contributed by atoms with E-state index in [4.69, 9.17) is 5.11 Å². The third kappa shape index (κ3) is 4.14. The van der Waals surface area contributed by atoms with Crippen molar-refractivity contribution in [3.8, 4) is 0 Å². The van der Waals surface area contributed by atoms with Crippen LogP contribution in [0.15, 0.2) is 0 Å². The predicted octanol–water partition coefficient (Wildman–Crippen LogP) is 0.228. The Kier molecular flexibility index (Phi) is 3.46. The second-order valence-corrected chi connectivity index (χ2v) is 3.71. The molecule has 0 aliphatic carbocycles. The molecule has 0 saturated heterocycles. The van der Waals surface area contributed by atoms with Crippen molar-refractivity contribution in [1.82, 2.24) is 0 Å². The number of hydrogen-bond donors (Lipinski definition) is 1. The van der Waals surface area contributed by atoms with Crippen molar-refractivity contribution in [3.05, 3.63) is 0 Å². The fraction of sp³-hybridized carbons (Fsp3) is 0.800. The lowest BCUT2D eigenvalue weighted by molar-refractivity contribution is -0.136. The van der Waals surface area contributed by atoms with Crippen LogP contribution in [0.1, 0.15) is 13.3 Å². The van der Waals surface area contributed by atoms with Crippen LogP contribution in [0.25, 0.3) is 0 Å². The zero-order valence-corrected chi connectivity index (χ0v) is 6.27. The van der Waals surface area contributed by atoms with E-state index in [1.165, 1.54) is 6.26 Å². The molecule has 0 radical (unpaired) electrons. The van der Waals surface area contributed by atoms with Crippen LogP contribution in [-0.4, -0.2) is 26.8 Å². The molecule has 0 heterocycles. The molecular weight excluding hydrogens is 140 g/mol. The first-order valence-corrected chi connectivity index (χ1v) is 4.20. The summed E-state index contributed by atoms with van der Waals surface area (Å²) in [7, 11) is -1.01.